The van der Waals surface area contributed by atoms with Gasteiger partial charge in [-0.1, -0.05) is 22.0 Å². The Balaban J connectivity index is 2.80. The highest BCUT2D eigenvalue weighted by Crippen LogP contribution is 2.28. The highest BCUT2D eigenvalue weighted by atomic mass is 79.9. The summed E-state index contributed by atoms with van der Waals surface area (Å²) in [6, 6.07) is 5.59. The Morgan fingerprint density at radius 2 is 2.25 bits per heavy atom. The van der Waals surface area contributed by atoms with Crippen molar-refractivity contribution in [2.45, 2.75) is 6.92 Å². The Labute approximate surface area is 102 Å². The molecule has 1 aromatic heterocycles. The summed E-state index contributed by atoms with van der Waals surface area (Å²) < 4.78 is 5.58. The normalized spacial score (nSPS) is 10.4. The van der Waals surface area contributed by atoms with Crippen LogP contribution in [0.1, 0.15) is 15.9 Å². The summed E-state index contributed by atoms with van der Waals surface area (Å²) in [5.41, 5.74) is 2.20. The maximum Gasteiger partial charge on any atom is 0.338 e. The molecule has 0 bridgehead atoms. The van der Waals surface area contributed by atoms with Gasteiger partial charge in [-0.25, -0.2) is 4.79 Å². The van der Waals surface area contributed by atoms with Gasteiger partial charge in [-0.3, -0.25) is 4.98 Å². The molecule has 0 aliphatic carbocycles. The molecule has 0 aliphatic rings. The van der Waals surface area contributed by atoms with Crippen LogP contribution in [0.3, 0.4) is 0 Å². The number of halogens is 1. The van der Waals surface area contributed by atoms with Crippen molar-refractivity contribution in [1.82, 2.24) is 4.98 Å². The lowest BCUT2D eigenvalue weighted by Crippen LogP contribution is -2.04. The van der Waals surface area contributed by atoms with Crippen LogP contribution in [0.2, 0.25) is 0 Å². The summed E-state index contributed by atoms with van der Waals surface area (Å²) in [4.78, 5) is 15.8. The number of nitrogens with zero attached hydrogens (tertiary/aromatic N) is 1. The van der Waals surface area contributed by atoms with Gasteiger partial charge in [0.25, 0.3) is 0 Å². The van der Waals surface area contributed by atoms with E-state index in [4.69, 9.17) is 4.74 Å². The molecule has 0 fully saturated rings. The minimum atomic E-state index is -0.342. The topological polar surface area (TPSA) is 39.2 Å². The Morgan fingerprint density at radius 3 is 2.94 bits per heavy atom. The van der Waals surface area contributed by atoms with Crippen molar-refractivity contribution in [2.24, 2.45) is 0 Å². The number of carbonyl (C=O) groups excluding carboxylic acids is 1. The van der Waals surface area contributed by atoms with Crippen LogP contribution in [0.15, 0.2) is 28.9 Å². The number of carbonyl (C=O) groups is 1. The fraction of sp³-hybridized carbons (Fsp3) is 0.167. The number of aromatic nitrogens is 1. The fourth-order valence-electron chi connectivity index (χ4n) is 1.66. The molecule has 0 spiro atoms. The zero-order valence-electron chi connectivity index (χ0n) is 8.95. The number of ether oxygens (including phenoxy) is 1. The SMILES string of the molecule is COC(=O)c1cc(Br)c2cccnc2c1C. The largest absolute Gasteiger partial charge is 0.465 e. The number of methoxy groups -OCH3 is 1. The minimum absolute atomic E-state index is 0.342. The lowest BCUT2D eigenvalue weighted by atomic mass is 10.0. The molecule has 4 heteroatoms. The molecular weight excluding hydrogens is 270 g/mol. The monoisotopic (exact) mass is 279 g/mol. The van der Waals surface area contributed by atoms with Crippen LogP contribution in [0.5, 0.6) is 0 Å². The van der Waals surface area contributed by atoms with Gasteiger partial charge in [0, 0.05) is 16.1 Å². The van der Waals surface area contributed by atoms with E-state index < -0.39 is 0 Å². The summed E-state index contributed by atoms with van der Waals surface area (Å²) >= 11 is 3.43. The predicted molar refractivity (Wildman–Crippen MR) is 65.5 cm³/mol. The van der Waals surface area contributed by atoms with Crippen molar-refractivity contribution >= 4 is 32.8 Å². The van der Waals surface area contributed by atoms with E-state index in [0.29, 0.717) is 5.56 Å². The van der Waals surface area contributed by atoms with Crippen molar-refractivity contribution < 1.29 is 9.53 Å². The van der Waals surface area contributed by atoms with Gasteiger partial charge in [0.1, 0.15) is 0 Å². The van der Waals surface area contributed by atoms with Crippen LogP contribution >= 0.6 is 15.9 Å². The first-order valence-electron chi connectivity index (χ1n) is 4.77. The van der Waals surface area contributed by atoms with Crippen LogP contribution in [-0.2, 0) is 4.74 Å². The molecule has 0 amide bonds. The number of fused-ring (bicyclic) bond motifs is 1. The standard InChI is InChI=1S/C12H10BrNO2/c1-7-9(12(15)16-2)6-10(13)8-4-3-5-14-11(7)8/h3-6H,1-2H3. The van der Waals surface area contributed by atoms with Crippen LogP contribution in [-0.4, -0.2) is 18.1 Å². The molecule has 0 atom stereocenters. The van der Waals surface area contributed by atoms with Gasteiger partial charge in [0.05, 0.1) is 18.2 Å². The molecule has 0 N–H and O–H groups in total. The lowest BCUT2D eigenvalue weighted by Gasteiger charge is -2.08. The highest BCUT2D eigenvalue weighted by Gasteiger charge is 2.14. The first kappa shape index (κ1) is 11.1. The van der Waals surface area contributed by atoms with Gasteiger partial charge in [0.15, 0.2) is 0 Å². The molecule has 82 valence electrons. The van der Waals surface area contributed by atoms with E-state index in [1.54, 1.807) is 12.3 Å². The van der Waals surface area contributed by atoms with E-state index in [1.807, 2.05) is 19.1 Å². The zero-order valence-corrected chi connectivity index (χ0v) is 10.5. The van der Waals surface area contributed by atoms with E-state index in [0.717, 1.165) is 20.9 Å². The molecule has 0 unspecified atom stereocenters. The minimum Gasteiger partial charge on any atom is -0.465 e. The van der Waals surface area contributed by atoms with E-state index in [-0.39, 0.29) is 5.97 Å². The van der Waals surface area contributed by atoms with Crippen LogP contribution < -0.4 is 0 Å². The van der Waals surface area contributed by atoms with Crippen LogP contribution in [0, 0.1) is 6.92 Å². The molecule has 1 heterocycles. The Hall–Kier alpha value is -1.42. The first-order chi connectivity index (χ1) is 7.65. The Kier molecular flexibility index (Phi) is 2.92. The number of hydrogen-bond acceptors (Lipinski definition) is 3. The first-order valence-corrected chi connectivity index (χ1v) is 5.56. The Bertz CT molecular complexity index is 566. The summed E-state index contributed by atoms with van der Waals surface area (Å²) in [6.07, 6.45) is 1.71. The summed E-state index contributed by atoms with van der Waals surface area (Å²) in [5, 5.41) is 0.993. The quantitative estimate of drug-likeness (QED) is 0.753. The molecule has 2 rings (SSSR count). The lowest BCUT2D eigenvalue weighted by molar-refractivity contribution is 0.0600. The van der Waals surface area contributed by atoms with Gasteiger partial charge in [-0.05, 0) is 24.6 Å². The second kappa shape index (κ2) is 4.22. The number of pyridine rings is 1. The third-order valence-electron chi connectivity index (χ3n) is 2.50. The molecule has 16 heavy (non-hydrogen) atoms. The number of aryl methyl sites for hydroxylation is 1. The highest BCUT2D eigenvalue weighted by molar-refractivity contribution is 9.10. The second-order valence-corrected chi connectivity index (χ2v) is 4.28. The average Bonchev–Trinajstić information content (AvgIpc) is 2.33. The molecule has 0 saturated carbocycles. The summed E-state index contributed by atoms with van der Waals surface area (Å²) in [7, 11) is 1.37. The number of benzene rings is 1. The van der Waals surface area contributed by atoms with E-state index in [1.165, 1.54) is 7.11 Å². The summed E-state index contributed by atoms with van der Waals surface area (Å²) in [5.74, 6) is -0.342. The zero-order chi connectivity index (χ0) is 11.7. The molecule has 2 aromatic rings. The smallest absolute Gasteiger partial charge is 0.338 e. The van der Waals surface area contributed by atoms with Crippen molar-refractivity contribution in [3.05, 3.63) is 40.0 Å². The van der Waals surface area contributed by atoms with Crippen molar-refractivity contribution in [3.8, 4) is 0 Å². The molecule has 0 radical (unpaired) electrons. The van der Waals surface area contributed by atoms with E-state index >= 15 is 0 Å². The van der Waals surface area contributed by atoms with Crippen molar-refractivity contribution in [2.75, 3.05) is 7.11 Å². The van der Waals surface area contributed by atoms with E-state index in [9.17, 15) is 4.79 Å². The second-order valence-electron chi connectivity index (χ2n) is 3.42. The van der Waals surface area contributed by atoms with Gasteiger partial charge < -0.3 is 4.74 Å². The van der Waals surface area contributed by atoms with Crippen LogP contribution in [0.25, 0.3) is 10.9 Å². The fourth-order valence-corrected chi connectivity index (χ4v) is 2.21. The van der Waals surface area contributed by atoms with Crippen molar-refractivity contribution in [3.63, 3.8) is 0 Å². The molecule has 0 aliphatic heterocycles. The molecule has 1 aromatic carbocycles. The van der Waals surface area contributed by atoms with E-state index in [2.05, 4.69) is 20.9 Å². The van der Waals surface area contributed by atoms with Gasteiger partial charge >= 0.3 is 5.97 Å². The van der Waals surface area contributed by atoms with Gasteiger partial charge in [0.2, 0.25) is 0 Å². The van der Waals surface area contributed by atoms with Crippen LogP contribution in [0.4, 0.5) is 0 Å². The van der Waals surface area contributed by atoms with Gasteiger partial charge in [-0.15, -0.1) is 0 Å². The molecular formula is C12H10BrNO2. The maximum atomic E-state index is 11.6. The third-order valence-corrected chi connectivity index (χ3v) is 3.16. The maximum absolute atomic E-state index is 11.6. The number of rotatable bonds is 1. The summed E-state index contributed by atoms with van der Waals surface area (Å²) in [6.45, 7) is 1.87. The third kappa shape index (κ3) is 1.69. The number of hydrogen-bond donors (Lipinski definition) is 0. The average molecular weight is 280 g/mol. The van der Waals surface area contributed by atoms with Gasteiger partial charge in [-0.2, -0.15) is 0 Å². The predicted octanol–water partition coefficient (Wildman–Crippen LogP) is 3.09. The Morgan fingerprint density at radius 1 is 1.50 bits per heavy atom. The van der Waals surface area contributed by atoms with Crippen molar-refractivity contribution in [1.29, 1.82) is 0 Å². The number of esters is 1. The molecule has 3 nitrogen and oxygen atoms in total. The molecule has 0 saturated heterocycles.